The summed E-state index contributed by atoms with van der Waals surface area (Å²) in [5.41, 5.74) is 3.59. The first-order valence-electron chi connectivity index (χ1n) is 8.46. The van der Waals surface area contributed by atoms with Crippen LogP contribution < -0.4 is 10.6 Å². The normalized spacial score (nSPS) is 12.1. The van der Waals surface area contributed by atoms with E-state index in [4.69, 9.17) is 0 Å². The maximum absolute atomic E-state index is 12.6. The van der Waals surface area contributed by atoms with E-state index in [1.165, 1.54) is 0 Å². The number of aromatic nitrogens is 2. The number of pyridine rings is 1. The smallest absolute Gasteiger partial charge is 0.253 e. The van der Waals surface area contributed by atoms with Crippen molar-refractivity contribution in [2.45, 2.75) is 53.2 Å². The van der Waals surface area contributed by atoms with E-state index in [1.807, 2.05) is 45.9 Å². The first kappa shape index (κ1) is 18.7. The third kappa shape index (κ3) is 4.68. The molecule has 2 aromatic rings. The molecule has 0 aliphatic rings. The summed E-state index contributed by atoms with van der Waals surface area (Å²) in [5, 5.41) is 5.57. The minimum Gasteiger partial charge on any atom is -0.352 e. The van der Waals surface area contributed by atoms with E-state index in [9.17, 15) is 9.59 Å². The number of rotatable bonds is 6. The topological polar surface area (TPSA) is 76.0 Å². The molecule has 25 heavy (non-hydrogen) atoms. The van der Waals surface area contributed by atoms with Crippen molar-refractivity contribution >= 4 is 11.8 Å². The van der Waals surface area contributed by atoms with Gasteiger partial charge >= 0.3 is 0 Å². The Kier molecular flexibility index (Phi) is 5.96. The Morgan fingerprint density at radius 2 is 1.76 bits per heavy atom. The fourth-order valence-electron chi connectivity index (χ4n) is 2.69. The molecule has 0 spiro atoms. The van der Waals surface area contributed by atoms with Crippen LogP contribution in [0.25, 0.3) is 0 Å². The second-order valence-corrected chi connectivity index (χ2v) is 6.58. The van der Waals surface area contributed by atoms with E-state index >= 15 is 0 Å². The fourth-order valence-corrected chi connectivity index (χ4v) is 2.69. The number of nitrogens with one attached hydrogen (secondary N) is 2. The molecule has 0 aromatic carbocycles. The predicted octanol–water partition coefficient (Wildman–Crippen LogP) is 2.19. The first-order valence-corrected chi connectivity index (χ1v) is 8.46. The molecular formula is C19H26N4O2. The van der Waals surface area contributed by atoms with Crippen LogP contribution in [0.3, 0.4) is 0 Å². The van der Waals surface area contributed by atoms with Crippen LogP contribution >= 0.6 is 0 Å². The van der Waals surface area contributed by atoms with Crippen molar-refractivity contribution in [1.82, 2.24) is 20.2 Å². The Morgan fingerprint density at radius 3 is 2.36 bits per heavy atom. The van der Waals surface area contributed by atoms with Crippen LogP contribution in [0, 0.1) is 13.8 Å². The second-order valence-electron chi connectivity index (χ2n) is 6.58. The largest absolute Gasteiger partial charge is 0.352 e. The van der Waals surface area contributed by atoms with Crippen molar-refractivity contribution in [3.8, 4) is 0 Å². The molecule has 6 nitrogen and oxygen atoms in total. The first-order chi connectivity index (χ1) is 11.8. The van der Waals surface area contributed by atoms with Gasteiger partial charge in [-0.15, -0.1) is 0 Å². The molecule has 0 fully saturated rings. The summed E-state index contributed by atoms with van der Waals surface area (Å²) in [4.78, 5) is 28.6. The van der Waals surface area contributed by atoms with Crippen molar-refractivity contribution < 1.29 is 9.59 Å². The van der Waals surface area contributed by atoms with Crippen LogP contribution in [0.1, 0.15) is 48.1 Å². The number of hydrogen-bond acceptors (Lipinski definition) is 3. The monoisotopic (exact) mass is 342 g/mol. The van der Waals surface area contributed by atoms with E-state index < -0.39 is 6.04 Å². The highest BCUT2D eigenvalue weighted by Gasteiger charge is 2.20. The van der Waals surface area contributed by atoms with Crippen LogP contribution in [-0.4, -0.2) is 33.4 Å². The summed E-state index contributed by atoms with van der Waals surface area (Å²) in [7, 11) is 0. The van der Waals surface area contributed by atoms with Gasteiger partial charge in [-0.05, 0) is 58.4 Å². The molecule has 134 valence electrons. The van der Waals surface area contributed by atoms with Gasteiger partial charge in [0, 0.05) is 36.4 Å². The highest BCUT2D eigenvalue weighted by molar-refractivity contribution is 5.98. The number of nitrogens with zero attached hydrogens (tertiary/aromatic N) is 2. The molecule has 0 radical (unpaired) electrons. The summed E-state index contributed by atoms with van der Waals surface area (Å²) in [6, 6.07) is 5.22. The minimum atomic E-state index is -0.585. The van der Waals surface area contributed by atoms with Crippen molar-refractivity contribution in [1.29, 1.82) is 0 Å². The molecule has 2 N–H and O–H groups in total. The highest BCUT2D eigenvalue weighted by Crippen LogP contribution is 2.17. The molecule has 2 amide bonds. The third-order valence-electron chi connectivity index (χ3n) is 4.08. The molecule has 0 aliphatic carbocycles. The molecule has 2 aromatic heterocycles. The number of carbonyl (C=O) groups excluding carboxylic acids is 2. The summed E-state index contributed by atoms with van der Waals surface area (Å²) >= 11 is 0. The van der Waals surface area contributed by atoms with Gasteiger partial charge in [-0.1, -0.05) is 0 Å². The summed E-state index contributed by atoms with van der Waals surface area (Å²) in [6.45, 7) is 10.0. The molecule has 0 bridgehead atoms. The molecule has 1 atom stereocenters. The Bertz CT molecular complexity index is 750. The average molecular weight is 342 g/mol. The molecule has 2 heterocycles. The Hall–Kier alpha value is -2.63. The van der Waals surface area contributed by atoms with E-state index in [0.29, 0.717) is 12.1 Å². The van der Waals surface area contributed by atoms with Gasteiger partial charge in [0.05, 0.1) is 5.56 Å². The predicted molar refractivity (Wildman–Crippen MR) is 97.5 cm³/mol. The summed E-state index contributed by atoms with van der Waals surface area (Å²) in [5.74, 6) is -0.422. The van der Waals surface area contributed by atoms with Gasteiger partial charge < -0.3 is 15.2 Å². The van der Waals surface area contributed by atoms with Crippen molar-refractivity contribution in [3.63, 3.8) is 0 Å². The molecule has 0 aliphatic heterocycles. The molecule has 1 unspecified atom stereocenters. The average Bonchev–Trinajstić information content (AvgIpc) is 2.83. The van der Waals surface area contributed by atoms with Gasteiger partial charge in [0.1, 0.15) is 6.04 Å². The molecular weight excluding hydrogens is 316 g/mol. The molecule has 0 saturated heterocycles. The Balaban J connectivity index is 2.13. The minimum absolute atomic E-state index is 0.0391. The van der Waals surface area contributed by atoms with E-state index in [2.05, 4.69) is 20.2 Å². The highest BCUT2D eigenvalue weighted by atomic mass is 16.2. The van der Waals surface area contributed by atoms with Crippen LogP contribution in [0.15, 0.2) is 30.6 Å². The van der Waals surface area contributed by atoms with Crippen molar-refractivity contribution in [3.05, 3.63) is 53.1 Å². The standard InChI is InChI=1S/C19H26N4O2/c1-12(2)21-18(24)14(4)22-19(25)17-10-13(3)23(15(17)5)11-16-6-8-20-9-7-16/h6-10,12,14H,11H2,1-5H3,(H,21,24)(H,22,25). The lowest BCUT2D eigenvalue weighted by molar-refractivity contribution is -0.123. The molecule has 6 heteroatoms. The maximum atomic E-state index is 12.6. The second kappa shape index (κ2) is 7.96. The van der Waals surface area contributed by atoms with Gasteiger partial charge in [-0.25, -0.2) is 0 Å². The van der Waals surface area contributed by atoms with Crippen molar-refractivity contribution in [2.75, 3.05) is 0 Å². The van der Waals surface area contributed by atoms with Crippen molar-refractivity contribution in [2.24, 2.45) is 0 Å². The maximum Gasteiger partial charge on any atom is 0.253 e. The van der Waals surface area contributed by atoms with E-state index in [0.717, 1.165) is 17.0 Å². The fraction of sp³-hybridized carbons (Fsp3) is 0.421. The number of hydrogen-bond donors (Lipinski definition) is 2. The quantitative estimate of drug-likeness (QED) is 0.845. The SMILES string of the molecule is Cc1cc(C(=O)NC(C)C(=O)NC(C)C)c(C)n1Cc1ccncc1. The van der Waals surface area contributed by atoms with E-state index in [-0.39, 0.29) is 17.9 Å². The lowest BCUT2D eigenvalue weighted by Crippen LogP contribution is -2.46. The number of aryl methyl sites for hydroxylation is 1. The zero-order valence-corrected chi connectivity index (χ0v) is 15.5. The van der Waals surface area contributed by atoms with Crippen LogP contribution in [-0.2, 0) is 11.3 Å². The van der Waals surface area contributed by atoms with Gasteiger partial charge in [0.25, 0.3) is 5.91 Å². The van der Waals surface area contributed by atoms with Crippen LogP contribution in [0.5, 0.6) is 0 Å². The molecule has 0 saturated carbocycles. The zero-order chi connectivity index (χ0) is 18.6. The number of amides is 2. The van der Waals surface area contributed by atoms with Crippen LogP contribution in [0.2, 0.25) is 0 Å². The number of carbonyl (C=O) groups is 2. The summed E-state index contributed by atoms with van der Waals surface area (Å²) in [6.07, 6.45) is 3.51. The van der Waals surface area contributed by atoms with Gasteiger partial charge in [-0.3, -0.25) is 14.6 Å². The van der Waals surface area contributed by atoms with E-state index in [1.54, 1.807) is 19.3 Å². The Morgan fingerprint density at radius 1 is 1.12 bits per heavy atom. The van der Waals surface area contributed by atoms with Crippen LogP contribution in [0.4, 0.5) is 0 Å². The Labute approximate surface area is 148 Å². The van der Waals surface area contributed by atoms with Gasteiger partial charge in [0.2, 0.25) is 5.91 Å². The lowest BCUT2D eigenvalue weighted by Gasteiger charge is -2.16. The molecule has 2 rings (SSSR count). The van der Waals surface area contributed by atoms with Gasteiger partial charge in [-0.2, -0.15) is 0 Å². The third-order valence-corrected chi connectivity index (χ3v) is 4.08. The zero-order valence-electron chi connectivity index (χ0n) is 15.5. The lowest BCUT2D eigenvalue weighted by atomic mass is 10.2. The van der Waals surface area contributed by atoms with Gasteiger partial charge in [0.15, 0.2) is 0 Å². The summed E-state index contributed by atoms with van der Waals surface area (Å²) < 4.78 is 2.09.